The summed E-state index contributed by atoms with van der Waals surface area (Å²) in [5.41, 5.74) is -0.485. The van der Waals surface area contributed by atoms with E-state index in [0.29, 0.717) is 25.3 Å². The average molecular weight is 266 g/mol. The number of carbonyl (C=O) groups excluding carboxylic acids is 1. The summed E-state index contributed by atoms with van der Waals surface area (Å²) in [7, 11) is 0. The lowest BCUT2D eigenvalue weighted by atomic mass is 10.1. The number of pyridine rings is 1. The van der Waals surface area contributed by atoms with Crippen molar-refractivity contribution in [2.75, 3.05) is 18.0 Å². The molecule has 1 atom stereocenters. The quantitative estimate of drug-likeness (QED) is 0.771. The van der Waals surface area contributed by atoms with Crippen molar-refractivity contribution in [1.82, 2.24) is 4.98 Å². The number of ether oxygens (including phenoxy) is 1. The van der Waals surface area contributed by atoms with Gasteiger partial charge in [-0.25, -0.2) is 9.37 Å². The zero-order valence-corrected chi connectivity index (χ0v) is 11.5. The zero-order valence-electron chi connectivity index (χ0n) is 11.5. The van der Waals surface area contributed by atoms with Gasteiger partial charge in [0.1, 0.15) is 5.60 Å². The first-order chi connectivity index (χ1) is 8.87. The fraction of sp³-hybridized carbons (Fsp3) is 0.571. The first-order valence-electron chi connectivity index (χ1n) is 6.45. The van der Waals surface area contributed by atoms with Gasteiger partial charge < -0.3 is 9.64 Å². The monoisotopic (exact) mass is 266 g/mol. The van der Waals surface area contributed by atoms with Crippen LogP contribution in [0.15, 0.2) is 18.3 Å². The largest absolute Gasteiger partial charge is 0.460 e. The van der Waals surface area contributed by atoms with Crippen LogP contribution in [-0.2, 0) is 9.53 Å². The molecule has 1 aliphatic rings. The van der Waals surface area contributed by atoms with Crippen LogP contribution in [0.5, 0.6) is 0 Å². The predicted octanol–water partition coefficient (Wildman–Crippen LogP) is 2.39. The molecular weight excluding hydrogens is 247 g/mol. The molecule has 1 fully saturated rings. The summed E-state index contributed by atoms with van der Waals surface area (Å²) in [4.78, 5) is 17.8. The Bertz CT molecular complexity index is 471. The molecule has 0 spiro atoms. The lowest BCUT2D eigenvalue weighted by Crippen LogP contribution is -2.31. The number of halogens is 1. The van der Waals surface area contributed by atoms with E-state index in [9.17, 15) is 9.18 Å². The lowest BCUT2D eigenvalue weighted by molar-refractivity contribution is -0.159. The van der Waals surface area contributed by atoms with Crippen molar-refractivity contribution in [2.24, 2.45) is 5.92 Å². The second kappa shape index (κ2) is 5.15. The molecule has 1 unspecified atom stereocenters. The molecule has 2 rings (SSSR count). The van der Waals surface area contributed by atoms with Crippen LogP contribution >= 0.6 is 0 Å². The fourth-order valence-electron chi connectivity index (χ4n) is 2.14. The number of esters is 1. The van der Waals surface area contributed by atoms with Gasteiger partial charge in [-0.15, -0.1) is 0 Å². The van der Waals surface area contributed by atoms with Crippen molar-refractivity contribution in [1.29, 1.82) is 0 Å². The van der Waals surface area contributed by atoms with E-state index in [4.69, 9.17) is 4.74 Å². The molecule has 19 heavy (non-hydrogen) atoms. The van der Waals surface area contributed by atoms with Gasteiger partial charge in [-0.05, 0) is 39.3 Å². The molecular formula is C14H19FN2O2. The van der Waals surface area contributed by atoms with Crippen LogP contribution in [0.4, 0.5) is 10.2 Å². The van der Waals surface area contributed by atoms with Gasteiger partial charge in [-0.1, -0.05) is 0 Å². The Labute approximate surface area is 112 Å². The Hall–Kier alpha value is -1.65. The van der Waals surface area contributed by atoms with E-state index in [1.165, 1.54) is 6.07 Å². The van der Waals surface area contributed by atoms with Crippen LogP contribution in [-0.4, -0.2) is 29.6 Å². The Balaban J connectivity index is 2.01. The van der Waals surface area contributed by atoms with Crippen LogP contribution in [0.3, 0.4) is 0 Å². The van der Waals surface area contributed by atoms with Gasteiger partial charge in [0.25, 0.3) is 0 Å². The van der Waals surface area contributed by atoms with Gasteiger partial charge in [-0.3, -0.25) is 4.79 Å². The van der Waals surface area contributed by atoms with E-state index in [1.807, 2.05) is 20.8 Å². The normalized spacial score (nSPS) is 19.6. The third kappa shape index (κ3) is 3.43. The minimum Gasteiger partial charge on any atom is -0.460 e. The predicted molar refractivity (Wildman–Crippen MR) is 70.4 cm³/mol. The van der Waals surface area contributed by atoms with E-state index in [2.05, 4.69) is 4.98 Å². The second-order valence-corrected chi connectivity index (χ2v) is 5.77. The number of nitrogens with zero attached hydrogens (tertiary/aromatic N) is 2. The highest BCUT2D eigenvalue weighted by Gasteiger charge is 2.33. The van der Waals surface area contributed by atoms with Crippen molar-refractivity contribution in [3.63, 3.8) is 0 Å². The average Bonchev–Trinajstić information content (AvgIpc) is 2.76. The first-order valence-corrected chi connectivity index (χ1v) is 6.45. The number of hydrogen-bond donors (Lipinski definition) is 0. The summed E-state index contributed by atoms with van der Waals surface area (Å²) in [6, 6.07) is 2.93. The highest BCUT2D eigenvalue weighted by molar-refractivity contribution is 5.74. The van der Waals surface area contributed by atoms with E-state index in [0.717, 1.165) is 0 Å². The molecule has 2 heterocycles. The van der Waals surface area contributed by atoms with Gasteiger partial charge in [-0.2, -0.15) is 0 Å². The van der Waals surface area contributed by atoms with E-state index < -0.39 is 5.60 Å². The smallest absolute Gasteiger partial charge is 0.311 e. The van der Waals surface area contributed by atoms with Crippen molar-refractivity contribution in [2.45, 2.75) is 32.8 Å². The van der Waals surface area contributed by atoms with Crippen LogP contribution < -0.4 is 4.90 Å². The number of rotatable bonds is 2. The summed E-state index contributed by atoms with van der Waals surface area (Å²) in [6.45, 7) is 6.61. The molecule has 1 saturated heterocycles. The van der Waals surface area contributed by atoms with Crippen LogP contribution in [0.2, 0.25) is 0 Å². The van der Waals surface area contributed by atoms with Gasteiger partial charge >= 0.3 is 5.97 Å². The van der Waals surface area contributed by atoms with Gasteiger partial charge in [0.05, 0.1) is 5.92 Å². The number of hydrogen-bond acceptors (Lipinski definition) is 4. The standard InChI is InChI=1S/C14H19FN2O2/c1-14(2,3)19-13(18)10-6-8-17(9-10)12-11(15)5-4-7-16-12/h4-5,7,10H,6,8-9H2,1-3H3. The summed E-state index contributed by atoms with van der Waals surface area (Å²) >= 11 is 0. The van der Waals surface area contributed by atoms with Gasteiger partial charge in [0.15, 0.2) is 11.6 Å². The topological polar surface area (TPSA) is 42.4 Å². The highest BCUT2D eigenvalue weighted by Crippen LogP contribution is 2.26. The SMILES string of the molecule is CC(C)(C)OC(=O)C1CCN(c2ncccc2F)C1. The third-order valence-corrected chi connectivity index (χ3v) is 2.97. The fourth-order valence-corrected chi connectivity index (χ4v) is 2.14. The van der Waals surface area contributed by atoms with Crippen molar-refractivity contribution in [3.05, 3.63) is 24.1 Å². The van der Waals surface area contributed by atoms with E-state index in [1.54, 1.807) is 17.2 Å². The maximum absolute atomic E-state index is 13.6. The Morgan fingerprint density at radius 1 is 1.53 bits per heavy atom. The van der Waals surface area contributed by atoms with Gasteiger partial charge in [0, 0.05) is 19.3 Å². The van der Waals surface area contributed by atoms with Crippen molar-refractivity contribution < 1.29 is 13.9 Å². The minimum absolute atomic E-state index is 0.208. The molecule has 0 N–H and O–H groups in total. The van der Waals surface area contributed by atoms with Crippen molar-refractivity contribution >= 4 is 11.8 Å². The van der Waals surface area contributed by atoms with E-state index in [-0.39, 0.29) is 17.7 Å². The molecule has 1 aliphatic heterocycles. The molecule has 0 bridgehead atoms. The maximum atomic E-state index is 13.6. The summed E-state index contributed by atoms with van der Waals surface area (Å²) in [5.74, 6) is -0.465. The van der Waals surface area contributed by atoms with Crippen LogP contribution in [0, 0.1) is 11.7 Å². The summed E-state index contributed by atoms with van der Waals surface area (Å²) < 4.78 is 19.0. The van der Waals surface area contributed by atoms with Crippen LogP contribution in [0.1, 0.15) is 27.2 Å². The van der Waals surface area contributed by atoms with Crippen LogP contribution in [0.25, 0.3) is 0 Å². The van der Waals surface area contributed by atoms with E-state index >= 15 is 0 Å². The molecule has 0 aromatic carbocycles. The highest BCUT2D eigenvalue weighted by atomic mass is 19.1. The molecule has 104 valence electrons. The molecule has 0 aliphatic carbocycles. The lowest BCUT2D eigenvalue weighted by Gasteiger charge is -2.22. The van der Waals surface area contributed by atoms with Gasteiger partial charge in [0.2, 0.25) is 0 Å². The molecule has 0 radical (unpaired) electrons. The molecule has 1 aromatic heterocycles. The number of anilines is 1. The third-order valence-electron chi connectivity index (χ3n) is 2.97. The molecule has 5 heteroatoms. The molecule has 0 amide bonds. The number of carbonyl (C=O) groups is 1. The second-order valence-electron chi connectivity index (χ2n) is 5.77. The Morgan fingerprint density at radius 3 is 2.89 bits per heavy atom. The zero-order chi connectivity index (χ0) is 14.0. The molecule has 1 aromatic rings. The Morgan fingerprint density at radius 2 is 2.26 bits per heavy atom. The number of aromatic nitrogens is 1. The minimum atomic E-state index is -0.485. The summed E-state index contributed by atoms with van der Waals surface area (Å²) in [6.07, 6.45) is 2.23. The maximum Gasteiger partial charge on any atom is 0.311 e. The van der Waals surface area contributed by atoms with Crippen molar-refractivity contribution in [3.8, 4) is 0 Å². The molecule has 0 saturated carbocycles. The summed E-state index contributed by atoms with van der Waals surface area (Å²) in [5, 5.41) is 0. The Kier molecular flexibility index (Phi) is 3.73. The molecule has 4 nitrogen and oxygen atoms in total. The first kappa shape index (κ1) is 13.8.